The normalized spacial score (nSPS) is 16.0. The molecule has 0 saturated heterocycles. The van der Waals surface area contributed by atoms with Gasteiger partial charge < -0.3 is 9.26 Å². The Balaban J connectivity index is 1.85. The molecular weight excluding hydrogens is 242 g/mol. The quantitative estimate of drug-likeness (QED) is 0.839. The maximum absolute atomic E-state index is 8.76. The van der Waals surface area contributed by atoms with Gasteiger partial charge in [0.2, 0.25) is 5.82 Å². The third kappa shape index (κ3) is 2.35. The van der Waals surface area contributed by atoms with Crippen molar-refractivity contribution in [1.82, 2.24) is 10.1 Å². The van der Waals surface area contributed by atoms with Crippen LogP contribution >= 0.6 is 0 Å². The third-order valence-electron chi connectivity index (χ3n) is 3.26. The van der Waals surface area contributed by atoms with Crippen molar-refractivity contribution in [2.45, 2.75) is 18.9 Å². The second-order valence-corrected chi connectivity index (χ2v) is 4.64. The molecule has 3 rings (SSSR count). The molecule has 1 aliphatic rings. The van der Waals surface area contributed by atoms with Crippen LogP contribution in [0.2, 0.25) is 0 Å². The number of hydrogen-bond acceptors (Lipinski definition) is 5. The Kier molecular flexibility index (Phi) is 3.02. The van der Waals surface area contributed by atoms with E-state index in [1.165, 1.54) is 0 Å². The molecule has 0 amide bonds. The molecule has 0 radical (unpaired) electrons. The number of ether oxygens (including phenoxy) is 1. The number of nitrogens with zero attached hydrogens (tertiary/aromatic N) is 3. The molecule has 1 fully saturated rings. The predicted molar refractivity (Wildman–Crippen MR) is 66.9 cm³/mol. The molecule has 0 aliphatic heterocycles. The highest BCUT2D eigenvalue weighted by Gasteiger charge is 2.35. The molecule has 1 heterocycles. The Morgan fingerprint density at radius 2 is 2.11 bits per heavy atom. The van der Waals surface area contributed by atoms with E-state index >= 15 is 0 Å². The van der Waals surface area contributed by atoms with Gasteiger partial charge in [-0.1, -0.05) is 5.16 Å². The molecule has 0 N–H and O–H groups in total. The first kappa shape index (κ1) is 11.9. The molecule has 1 aromatic heterocycles. The minimum Gasteiger partial charge on any atom is -0.373 e. The number of aromatic nitrogens is 2. The van der Waals surface area contributed by atoms with Crippen molar-refractivity contribution < 1.29 is 9.26 Å². The van der Waals surface area contributed by atoms with Crippen LogP contribution in [0.5, 0.6) is 0 Å². The van der Waals surface area contributed by atoms with Crippen LogP contribution in [0.1, 0.15) is 30.3 Å². The van der Waals surface area contributed by atoms with Crippen LogP contribution in [0.4, 0.5) is 0 Å². The summed E-state index contributed by atoms with van der Waals surface area (Å²) in [6, 6.07) is 9.14. The lowest BCUT2D eigenvalue weighted by Crippen LogP contribution is -2.05. The van der Waals surface area contributed by atoms with Crippen LogP contribution in [-0.2, 0) is 4.74 Å². The fourth-order valence-corrected chi connectivity index (χ4v) is 2.06. The maximum atomic E-state index is 8.76. The standard InChI is InChI=1S/C14H13N3O2/c1-18-12(10-6-7-10)13-16-14(19-17-13)11-4-2-9(8-15)3-5-11/h2-5,10,12H,6-7H2,1H3. The summed E-state index contributed by atoms with van der Waals surface area (Å²) in [5.74, 6) is 1.57. The maximum Gasteiger partial charge on any atom is 0.258 e. The monoisotopic (exact) mass is 255 g/mol. The minimum absolute atomic E-state index is 0.0733. The van der Waals surface area contributed by atoms with E-state index in [1.54, 1.807) is 31.4 Å². The average Bonchev–Trinajstić information content (AvgIpc) is 3.17. The molecule has 1 saturated carbocycles. The van der Waals surface area contributed by atoms with E-state index in [-0.39, 0.29) is 6.10 Å². The zero-order chi connectivity index (χ0) is 13.2. The summed E-state index contributed by atoms with van der Waals surface area (Å²) in [7, 11) is 1.67. The molecule has 1 unspecified atom stereocenters. The van der Waals surface area contributed by atoms with Crippen molar-refractivity contribution in [2.75, 3.05) is 7.11 Å². The van der Waals surface area contributed by atoms with Gasteiger partial charge in [-0.3, -0.25) is 0 Å². The van der Waals surface area contributed by atoms with Gasteiger partial charge in [0, 0.05) is 12.7 Å². The van der Waals surface area contributed by atoms with Crippen molar-refractivity contribution in [1.29, 1.82) is 5.26 Å². The Bertz CT molecular complexity index is 608. The Labute approximate surface area is 110 Å². The van der Waals surface area contributed by atoms with Crippen LogP contribution in [0.3, 0.4) is 0 Å². The summed E-state index contributed by atoms with van der Waals surface area (Å²) in [5, 5.41) is 12.7. The largest absolute Gasteiger partial charge is 0.373 e. The summed E-state index contributed by atoms with van der Waals surface area (Å²) < 4.78 is 10.7. The van der Waals surface area contributed by atoms with Gasteiger partial charge in [-0.2, -0.15) is 10.2 Å². The number of rotatable bonds is 4. The molecule has 1 atom stereocenters. The smallest absolute Gasteiger partial charge is 0.258 e. The lowest BCUT2D eigenvalue weighted by atomic mass is 10.1. The molecule has 5 nitrogen and oxygen atoms in total. The number of benzene rings is 1. The van der Waals surface area contributed by atoms with Crippen LogP contribution in [-0.4, -0.2) is 17.3 Å². The fraction of sp³-hybridized carbons (Fsp3) is 0.357. The summed E-state index contributed by atoms with van der Waals surface area (Å²) in [6.07, 6.45) is 2.23. The molecule has 96 valence electrons. The van der Waals surface area contributed by atoms with Gasteiger partial charge in [-0.15, -0.1) is 0 Å². The van der Waals surface area contributed by atoms with E-state index in [0.29, 0.717) is 23.2 Å². The van der Waals surface area contributed by atoms with Crippen LogP contribution in [0, 0.1) is 17.2 Å². The number of nitriles is 1. The van der Waals surface area contributed by atoms with Crippen LogP contribution < -0.4 is 0 Å². The van der Waals surface area contributed by atoms with Crippen molar-refractivity contribution in [3.63, 3.8) is 0 Å². The van der Waals surface area contributed by atoms with E-state index in [4.69, 9.17) is 14.5 Å². The molecular formula is C14H13N3O2. The summed E-state index contributed by atoms with van der Waals surface area (Å²) in [4.78, 5) is 4.38. The van der Waals surface area contributed by atoms with Crippen LogP contribution in [0.15, 0.2) is 28.8 Å². The highest BCUT2D eigenvalue weighted by molar-refractivity contribution is 5.54. The lowest BCUT2D eigenvalue weighted by Gasteiger charge is -2.08. The zero-order valence-corrected chi connectivity index (χ0v) is 10.5. The van der Waals surface area contributed by atoms with Gasteiger partial charge in [0.05, 0.1) is 11.6 Å². The highest BCUT2D eigenvalue weighted by atomic mass is 16.5. The Morgan fingerprint density at radius 3 is 2.68 bits per heavy atom. The summed E-state index contributed by atoms with van der Waals surface area (Å²) in [5.41, 5.74) is 1.42. The molecule has 1 aliphatic carbocycles. The summed E-state index contributed by atoms with van der Waals surface area (Å²) >= 11 is 0. The SMILES string of the molecule is COC(c1noc(-c2ccc(C#N)cc2)n1)C1CC1. The average molecular weight is 255 g/mol. The lowest BCUT2D eigenvalue weighted by molar-refractivity contribution is 0.0751. The first-order valence-corrected chi connectivity index (χ1v) is 6.18. The van der Waals surface area contributed by atoms with E-state index in [1.807, 2.05) is 0 Å². The molecule has 0 spiro atoms. The molecule has 5 heteroatoms. The molecule has 1 aromatic carbocycles. The highest BCUT2D eigenvalue weighted by Crippen LogP contribution is 2.42. The van der Waals surface area contributed by atoms with Gasteiger partial charge >= 0.3 is 0 Å². The molecule has 19 heavy (non-hydrogen) atoms. The van der Waals surface area contributed by atoms with Crippen molar-refractivity contribution in [2.24, 2.45) is 5.92 Å². The second-order valence-electron chi connectivity index (χ2n) is 4.64. The topological polar surface area (TPSA) is 71.9 Å². The third-order valence-corrected chi connectivity index (χ3v) is 3.26. The first-order valence-electron chi connectivity index (χ1n) is 6.18. The van der Waals surface area contributed by atoms with E-state index in [9.17, 15) is 0 Å². The van der Waals surface area contributed by atoms with E-state index in [2.05, 4.69) is 16.2 Å². The van der Waals surface area contributed by atoms with Gasteiger partial charge in [-0.05, 0) is 43.0 Å². The Morgan fingerprint density at radius 1 is 1.37 bits per heavy atom. The van der Waals surface area contributed by atoms with E-state index < -0.39 is 0 Å². The van der Waals surface area contributed by atoms with Crippen molar-refractivity contribution in [3.05, 3.63) is 35.7 Å². The van der Waals surface area contributed by atoms with E-state index in [0.717, 1.165) is 18.4 Å². The first-order chi connectivity index (χ1) is 9.31. The van der Waals surface area contributed by atoms with Gasteiger partial charge in [0.15, 0.2) is 0 Å². The fourth-order valence-electron chi connectivity index (χ4n) is 2.06. The van der Waals surface area contributed by atoms with Gasteiger partial charge in [0.25, 0.3) is 5.89 Å². The second kappa shape index (κ2) is 4.82. The van der Waals surface area contributed by atoms with Gasteiger partial charge in [0.1, 0.15) is 6.10 Å². The van der Waals surface area contributed by atoms with Crippen molar-refractivity contribution >= 4 is 0 Å². The van der Waals surface area contributed by atoms with Crippen molar-refractivity contribution in [3.8, 4) is 17.5 Å². The Hall–Kier alpha value is -2.19. The number of hydrogen-bond donors (Lipinski definition) is 0. The molecule has 0 bridgehead atoms. The van der Waals surface area contributed by atoms with Gasteiger partial charge in [-0.25, -0.2) is 0 Å². The molecule has 2 aromatic rings. The van der Waals surface area contributed by atoms with Crippen LogP contribution in [0.25, 0.3) is 11.5 Å². The minimum atomic E-state index is -0.0733. The summed E-state index contributed by atoms with van der Waals surface area (Å²) in [6.45, 7) is 0. The zero-order valence-electron chi connectivity index (χ0n) is 10.5. The number of methoxy groups -OCH3 is 1. The predicted octanol–water partition coefficient (Wildman–Crippen LogP) is 2.71.